The van der Waals surface area contributed by atoms with Crippen molar-refractivity contribution in [2.24, 2.45) is 5.73 Å². The number of halogens is 1. The molecular formula is C11H17BrN2O3S. The minimum atomic E-state index is -3.47. The van der Waals surface area contributed by atoms with E-state index in [9.17, 15) is 8.42 Å². The summed E-state index contributed by atoms with van der Waals surface area (Å²) in [6, 6.07) is 4.68. The fourth-order valence-electron chi connectivity index (χ4n) is 1.42. The van der Waals surface area contributed by atoms with Crippen LogP contribution in [0.2, 0.25) is 0 Å². The van der Waals surface area contributed by atoms with Crippen molar-refractivity contribution in [1.82, 2.24) is 4.31 Å². The molecule has 0 saturated carbocycles. The Morgan fingerprint density at radius 3 is 2.61 bits per heavy atom. The van der Waals surface area contributed by atoms with E-state index < -0.39 is 10.0 Å². The Balaban J connectivity index is 3.01. The molecule has 0 aliphatic heterocycles. The van der Waals surface area contributed by atoms with E-state index >= 15 is 0 Å². The van der Waals surface area contributed by atoms with Crippen LogP contribution in [-0.4, -0.2) is 40.0 Å². The maximum Gasteiger partial charge on any atom is 0.242 e. The Labute approximate surface area is 116 Å². The van der Waals surface area contributed by atoms with Gasteiger partial charge in [0.2, 0.25) is 10.0 Å². The summed E-state index contributed by atoms with van der Waals surface area (Å²) in [4.78, 5) is 0.231. The third-order valence-corrected chi connectivity index (χ3v) is 4.98. The lowest BCUT2D eigenvalue weighted by molar-refractivity contribution is 0.411. The highest BCUT2D eigenvalue weighted by molar-refractivity contribution is 9.10. The molecule has 18 heavy (non-hydrogen) atoms. The lowest BCUT2D eigenvalue weighted by atomic mass is 10.3. The Hall–Kier alpha value is -0.630. The molecule has 5 nitrogen and oxygen atoms in total. The highest BCUT2D eigenvalue weighted by Crippen LogP contribution is 2.28. The molecule has 0 saturated heterocycles. The van der Waals surface area contributed by atoms with Crippen LogP contribution >= 0.6 is 15.9 Å². The topological polar surface area (TPSA) is 72.6 Å². The largest absolute Gasteiger partial charge is 0.496 e. The molecule has 0 atom stereocenters. The van der Waals surface area contributed by atoms with E-state index in [4.69, 9.17) is 10.5 Å². The van der Waals surface area contributed by atoms with Crippen LogP contribution < -0.4 is 10.5 Å². The minimum Gasteiger partial charge on any atom is -0.496 e. The molecule has 0 heterocycles. The van der Waals surface area contributed by atoms with Crippen molar-refractivity contribution in [3.63, 3.8) is 0 Å². The van der Waals surface area contributed by atoms with Crippen LogP contribution in [0.3, 0.4) is 0 Å². The normalized spacial score (nSPS) is 11.8. The summed E-state index contributed by atoms with van der Waals surface area (Å²) in [5.74, 6) is 0.596. The predicted octanol–water partition coefficient (Wildman–Crippen LogP) is 1.43. The van der Waals surface area contributed by atoms with E-state index in [0.29, 0.717) is 29.7 Å². The first-order valence-electron chi connectivity index (χ1n) is 5.43. The van der Waals surface area contributed by atoms with Crippen LogP contribution in [0.1, 0.15) is 6.42 Å². The van der Waals surface area contributed by atoms with Gasteiger partial charge in [-0.1, -0.05) is 0 Å². The fourth-order valence-corrected chi connectivity index (χ4v) is 3.35. The van der Waals surface area contributed by atoms with E-state index in [-0.39, 0.29) is 4.90 Å². The fraction of sp³-hybridized carbons (Fsp3) is 0.455. The molecule has 7 heteroatoms. The zero-order chi connectivity index (χ0) is 13.8. The maximum atomic E-state index is 12.2. The van der Waals surface area contributed by atoms with Gasteiger partial charge in [-0.05, 0) is 47.1 Å². The summed E-state index contributed by atoms with van der Waals surface area (Å²) < 4.78 is 31.4. The van der Waals surface area contributed by atoms with E-state index in [2.05, 4.69) is 15.9 Å². The lowest BCUT2D eigenvalue weighted by Crippen LogP contribution is -2.29. The van der Waals surface area contributed by atoms with Crippen LogP contribution in [0.15, 0.2) is 27.6 Å². The maximum absolute atomic E-state index is 12.2. The van der Waals surface area contributed by atoms with Gasteiger partial charge < -0.3 is 10.5 Å². The first kappa shape index (κ1) is 15.4. The minimum absolute atomic E-state index is 0.231. The monoisotopic (exact) mass is 336 g/mol. The SMILES string of the molecule is COc1ccc(S(=O)(=O)N(C)CCCN)cc1Br. The van der Waals surface area contributed by atoms with Crippen LogP contribution in [0.4, 0.5) is 0 Å². The van der Waals surface area contributed by atoms with Crippen LogP contribution in [0.5, 0.6) is 5.75 Å². The van der Waals surface area contributed by atoms with Crippen molar-refractivity contribution in [3.8, 4) is 5.75 Å². The smallest absolute Gasteiger partial charge is 0.242 e. The van der Waals surface area contributed by atoms with Crippen molar-refractivity contribution in [3.05, 3.63) is 22.7 Å². The van der Waals surface area contributed by atoms with Crippen molar-refractivity contribution in [2.45, 2.75) is 11.3 Å². The van der Waals surface area contributed by atoms with Gasteiger partial charge in [-0.3, -0.25) is 0 Å². The van der Waals surface area contributed by atoms with Gasteiger partial charge in [0.05, 0.1) is 16.5 Å². The van der Waals surface area contributed by atoms with Gasteiger partial charge in [0.25, 0.3) is 0 Å². The van der Waals surface area contributed by atoms with Gasteiger partial charge in [0, 0.05) is 13.6 Å². The molecule has 0 bridgehead atoms. The van der Waals surface area contributed by atoms with Crippen LogP contribution in [-0.2, 0) is 10.0 Å². The molecule has 0 aliphatic rings. The van der Waals surface area contributed by atoms with Gasteiger partial charge in [0.1, 0.15) is 5.75 Å². The van der Waals surface area contributed by atoms with Crippen molar-refractivity contribution in [1.29, 1.82) is 0 Å². The highest BCUT2D eigenvalue weighted by Gasteiger charge is 2.21. The molecule has 0 aliphatic carbocycles. The molecular weight excluding hydrogens is 320 g/mol. The van der Waals surface area contributed by atoms with Gasteiger partial charge in [-0.2, -0.15) is 0 Å². The summed E-state index contributed by atoms with van der Waals surface area (Å²) in [7, 11) is -0.392. The highest BCUT2D eigenvalue weighted by atomic mass is 79.9. The second-order valence-electron chi connectivity index (χ2n) is 3.77. The van der Waals surface area contributed by atoms with Crippen molar-refractivity contribution >= 4 is 26.0 Å². The number of rotatable bonds is 6. The number of benzene rings is 1. The molecule has 0 radical (unpaired) electrons. The van der Waals surface area contributed by atoms with Gasteiger partial charge in [-0.15, -0.1) is 0 Å². The Morgan fingerprint density at radius 2 is 2.11 bits per heavy atom. The average Bonchev–Trinajstić information content (AvgIpc) is 2.35. The number of hydrogen-bond acceptors (Lipinski definition) is 4. The van der Waals surface area contributed by atoms with E-state index in [1.807, 2.05) is 0 Å². The molecule has 0 aromatic heterocycles. The predicted molar refractivity (Wildman–Crippen MR) is 74.2 cm³/mol. The molecule has 1 aromatic carbocycles. The average molecular weight is 337 g/mol. The Bertz CT molecular complexity index is 505. The zero-order valence-electron chi connectivity index (χ0n) is 10.4. The third-order valence-electron chi connectivity index (χ3n) is 2.51. The third kappa shape index (κ3) is 3.44. The summed E-state index contributed by atoms with van der Waals surface area (Å²) in [5, 5.41) is 0. The van der Waals surface area contributed by atoms with Crippen molar-refractivity contribution in [2.75, 3.05) is 27.2 Å². The first-order valence-corrected chi connectivity index (χ1v) is 7.66. The molecule has 1 rings (SSSR count). The standard InChI is InChI=1S/C11H17BrN2O3S/c1-14(7-3-6-13)18(15,16)9-4-5-11(17-2)10(12)8-9/h4-5,8H,3,6-7,13H2,1-2H3. The number of hydrogen-bond donors (Lipinski definition) is 1. The number of sulfonamides is 1. The molecule has 0 unspecified atom stereocenters. The van der Waals surface area contributed by atoms with Gasteiger partial charge in [-0.25, -0.2) is 12.7 Å². The van der Waals surface area contributed by atoms with Crippen LogP contribution in [0.25, 0.3) is 0 Å². The molecule has 0 spiro atoms. The van der Waals surface area contributed by atoms with E-state index in [1.54, 1.807) is 13.1 Å². The van der Waals surface area contributed by atoms with Gasteiger partial charge in [0.15, 0.2) is 0 Å². The number of methoxy groups -OCH3 is 1. The molecule has 102 valence electrons. The second-order valence-corrected chi connectivity index (χ2v) is 6.66. The second kappa shape index (κ2) is 6.51. The number of nitrogens with two attached hydrogens (primary N) is 1. The molecule has 0 fully saturated rings. The van der Waals surface area contributed by atoms with E-state index in [1.165, 1.54) is 23.5 Å². The first-order chi connectivity index (χ1) is 8.43. The van der Waals surface area contributed by atoms with Crippen LogP contribution in [0, 0.1) is 0 Å². The molecule has 0 amide bonds. The Kier molecular flexibility index (Phi) is 5.58. The lowest BCUT2D eigenvalue weighted by Gasteiger charge is -2.17. The summed E-state index contributed by atoms with van der Waals surface area (Å²) in [6.45, 7) is 0.870. The summed E-state index contributed by atoms with van der Waals surface area (Å²) >= 11 is 3.27. The quantitative estimate of drug-likeness (QED) is 0.852. The van der Waals surface area contributed by atoms with Gasteiger partial charge >= 0.3 is 0 Å². The van der Waals surface area contributed by atoms with E-state index in [0.717, 1.165) is 0 Å². The number of nitrogens with zero attached hydrogens (tertiary/aromatic N) is 1. The summed E-state index contributed by atoms with van der Waals surface area (Å²) in [5.41, 5.74) is 5.38. The zero-order valence-corrected chi connectivity index (χ0v) is 12.8. The molecule has 2 N–H and O–H groups in total. The molecule has 1 aromatic rings. The summed E-state index contributed by atoms with van der Waals surface area (Å²) in [6.07, 6.45) is 0.632. The Morgan fingerprint density at radius 1 is 1.44 bits per heavy atom. The van der Waals surface area contributed by atoms with Crippen molar-refractivity contribution < 1.29 is 13.2 Å². The number of ether oxygens (including phenoxy) is 1.